The van der Waals surface area contributed by atoms with Crippen LogP contribution in [0.1, 0.15) is 50.7 Å². The molecule has 0 aliphatic carbocycles. The first kappa shape index (κ1) is 26.6. The molecule has 0 bridgehead atoms. The van der Waals surface area contributed by atoms with E-state index < -0.39 is 0 Å². The van der Waals surface area contributed by atoms with Gasteiger partial charge in [-0.25, -0.2) is 0 Å². The second-order valence-electron chi connectivity index (χ2n) is 9.42. The van der Waals surface area contributed by atoms with Gasteiger partial charge in [-0.05, 0) is 56.9 Å². The van der Waals surface area contributed by atoms with E-state index >= 15 is 0 Å². The first-order valence-corrected chi connectivity index (χ1v) is 12.9. The molecule has 0 saturated carbocycles. The van der Waals surface area contributed by atoms with Gasteiger partial charge in [0.1, 0.15) is 0 Å². The maximum Gasteiger partial charge on any atom is 0.163 e. The van der Waals surface area contributed by atoms with Gasteiger partial charge in [-0.1, -0.05) is 79.4 Å². The lowest BCUT2D eigenvalue weighted by atomic mass is 10.0. The third-order valence-corrected chi connectivity index (χ3v) is 6.32. The molecule has 35 heavy (non-hydrogen) atoms. The standard InChI is InChI=1S/C17H28N2O2.C14H14/c1-4-5-6-7-14(2)21-17-12-15(8-9-16(17)20-3)19-11-10-18-13-19;1-11-6-8-13(9-7-11)14-5-3-4-12(2)10-14/h8-9,12,14,18H,4-7,10-11,13H2,1-3H3;3-10H,1-2H3. The number of nitrogens with zero attached hydrogens (tertiary/aromatic N) is 1. The predicted octanol–water partition coefficient (Wildman–Crippen LogP) is 7.38. The Balaban J connectivity index is 0.000000211. The molecule has 0 aromatic heterocycles. The zero-order valence-corrected chi connectivity index (χ0v) is 22.1. The lowest BCUT2D eigenvalue weighted by Crippen LogP contribution is -2.21. The molecule has 0 radical (unpaired) electrons. The van der Waals surface area contributed by atoms with Gasteiger partial charge in [-0.2, -0.15) is 0 Å². The average molecular weight is 475 g/mol. The van der Waals surface area contributed by atoms with Gasteiger partial charge in [0, 0.05) is 24.8 Å². The van der Waals surface area contributed by atoms with E-state index in [1.165, 1.54) is 47.2 Å². The van der Waals surface area contributed by atoms with E-state index in [0.29, 0.717) is 0 Å². The molecule has 4 rings (SSSR count). The summed E-state index contributed by atoms with van der Waals surface area (Å²) in [6.45, 7) is 11.6. The normalized spacial score (nSPS) is 13.7. The Bertz CT molecular complexity index is 1030. The van der Waals surface area contributed by atoms with Crippen molar-refractivity contribution in [2.24, 2.45) is 0 Å². The van der Waals surface area contributed by atoms with E-state index in [1.807, 2.05) is 6.07 Å². The number of methoxy groups -OCH3 is 1. The summed E-state index contributed by atoms with van der Waals surface area (Å²) in [7, 11) is 1.70. The summed E-state index contributed by atoms with van der Waals surface area (Å²) in [6, 6.07) is 23.4. The third kappa shape index (κ3) is 8.32. The molecular weight excluding hydrogens is 432 g/mol. The molecule has 1 heterocycles. The largest absolute Gasteiger partial charge is 0.493 e. The molecule has 3 aromatic carbocycles. The highest BCUT2D eigenvalue weighted by Gasteiger charge is 2.15. The number of aryl methyl sites for hydroxylation is 2. The minimum Gasteiger partial charge on any atom is -0.493 e. The summed E-state index contributed by atoms with van der Waals surface area (Å²) in [4.78, 5) is 2.31. The number of unbranched alkanes of at least 4 members (excludes halogenated alkanes) is 2. The van der Waals surface area contributed by atoms with Gasteiger partial charge in [0.2, 0.25) is 0 Å². The summed E-state index contributed by atoms with van der Waals surface area (Å²) in [6.07, 6.45) is 5.04. The van der Waals surface area contributed by atoms with E-state index in [1.54, 1.807) is 7.11 Å². The summed E-state index contributed by atoms with van der Waals surface area (Å²) in [5, 5.41) is 3.35. The summed E-state index contributed by atoms with van der Waals surface area (Å²) in [5.41, 5.74) is 6.39. The van der Waals surface area contributed by atoms with Crippen LogP contribution in [0.3, 0.4) is 0 Å². The van der Waals surface area contributed by atoms with Gasteiger partial charge in [-0.3, -0.25) is 5.32 Å². The van der Waals surface area contributed by atoms with Crippen molar-refractivity contribution in [1.82, 2.24) is 5.32 Å². The molecule has 1 atom stereocenters. The van der Waals surface area contributed by atoms with Crippen molar-refractivity contribution in [3.05, 3.63) is 77.9 Å². The van der Waals surface area contributed by atoms with Crippen LogP contribution in [0.5, 0.6) is 11.5 Å². The van der Waals surface area contributed by atoms with Gasteiger partial charge in [-0.15, -0.1) is 0 Å². The van der Waals surface area contributed by atoms with Gasteiger partial charge >= 0.3 is 0 Å². The molecule has 1 fully saturated rings. The lowest BCUT2D eigenvalue weighted by molar-refractivity contribution is 0.198. The molecule has 4 nitrogen and oxygen atoms in total. The topological polar surface area (TPSA) is 33.7 Å². The molecule has 188 valence electrons. The lowest BCUT2D eigenvalue weighted by Gasteiger charge is -2.21. The van der Waals surface area contributed by atoms with Crippen molar-refractivity contribution in [2.75, 3.05) is 31.8 Å². The van der Waals surface area contributed by atoms with E-state index in [-0.39, 0.29) is 6.10 Å². The van der Waals surface area contributed by atoms with Gasteiger partial charge in [0.15, 0.2) is 11.5 Å². The first-order valence-electron chi connectivity index (χ1n) is 12.9. The SMILES string of the molecule is CCCCCC(C)Oc1cc(N2CCNC2)ccc1OC.Cc1ccc(-c2cccc(C)c2)cc1. The minimum absolute atomic E-state index is 0.220. The van der Waals surface area contributed by atoms with Crippen LogP contribution < -0.4 is 19.7 Å². The fraction of sp³-hybridized carbons (Fsp3) is 0.419. The molecule has 3 aromatic rings. The number of ether oxygens (including phenoxy) is 2. The Morgan fingerprint density at radius 2 is 1.69 bits per heavy atom. The van der Waals surface area contributed by atoms with Crippen molar-refractivity contribution in [1.29, 1.82) is 0 Å². The average Bonchev–Trinajstić information content (AvgIpc) is 3.40. The van der Waals surface area contributed by atoms with Crippen molar-refractivity contribution >= 4 is 5.69 Å². The minimum atomic E-state index is 0.220. The van der Waals surface area contributed by atoms with Crippen LogP contribution in [-0.2, 0) is 0 Å². The molecule has 0 amide bonds. The highest BCUT2D eigenvalue weighted by atomic mass is 16.5. The Morgan fingerprint density at radius 1 is 0.886 bits per heavy atom. The molecule has 4 heteroatoms. The van der Waals surface area contributed by atoms with Crippen LogP contribution in [-0.4, -0.2) is 33.0 Å². The number of anilines is 1. The fourth-order valence-electron chi connectivity index (χ4n) is 4.21. The van der Waals surface area contributed by atoms with Crippen molar-refractivity contribution in [3.63, 3.8) is 0 Å². The van der Waals surface area contributed by atoms with Crippen molar-refractivity contribution in [3.8, 4) is 22.6 Å². The van der Waals surface area contributed by atoms with Crippen molar-refractivity contribution < 1.29 is 9.47 Å². The van der Waals surface area contributed by atoms with Gasteiger partial charge in [0.05, 0.1) is 19.9 Å². The third-order valence-electron chi connectivity index (χ3n) is 6.32. The van der Waals surface area contributed by atoms with Crippen LogP contribution >= 0.6 is 0 Å². The molecule has 1 aliphatic rings. The first-order chi connectivity index (χ1) is 17.0. The summed E-state index contributed by atoms with van der Waals surface area (Å²) >= 11 is 0. The summed E-state index contributed by atoms with van der Waals surface area (Å²) in [5.74, 6) is 1.67. The van der Waals surface area contributed by atoms with Crippen LogP contribution in [0, 0.1) is 13.8 Å². The Morgan fingerprint density at radius 3 is 2.34 bits per heavy atom. The maximum atomic E-state index is 6.11. The van der Waals surface area contributed by atoms with Gasteiger partial charge < -0.3 is 14.4 Å². The van der Waals surface area contributed by atoms with E-state index in [4.69, 9.17) is 9.47 Å². The molecule has 0 spiro atoms. The molecular formula is C31H42N2O2. The number of hydrogen-bond acceptors (Lipinski definition) is 4. The Labute approximate surface area is 212 Å². The molecule has 1 saturated heterocycles. The van der Waals surface area contributed by atoms with Crippen LogP contribution in [0.4, 0.5) is 5.69 Å². The number of benzene rings is 3. The Hall–Kier alpha value is -2.98. The smallest absolute Gasteiger partial charge is 0.163 e. The second kappa shape index (κ2) is 13.8. The zero-order valence-electron chi connectivity index (χ0n) is 22.1. The molecule has 1 aliphatic heterocycles. The highest BCUT2D eigenvalue weighted by Crippen LogP contribution is 2.33. The fourth-order valence-corrected chi connectivity index (χ4v) is 4.21. The quantitative estimate of drug-likeness (QED) is 0.328. The second-order valence-corrected chi connectivity index (χ2v) is 9.42. The monoisotopic (exact) mass is 474 g/mol. The highest BCUT2D eigenvalue weighted by molar-refractivity contribution is 5.64. The van der Waals surface area contributed by atoms with E-state index in [9.17, 15) is 0 Å². The summed E-state index contributed by atoms with van der Waals surface area (Å²) < 4.78 is 11.5. The van der Waals surface area contributed by atoms with Crippen LogP contribution in [0.25, 0.3) is 11.1 Å². The Kier molecular flexibility index (Phi) is 10.5. The van der Waals surface area contributed by atoms with E-state index in [2.05, 4.69) is 98.6 Å². The van der Waals surface area contributed by atoms with Crippen LogP contribution in [0.15, 0.2) is 66.7 Å². The molecule has 1 N–H and O–H groups in total. The van der Waals surface area contributed by atoms with Gasteiger partial charge in [0.25, 0.3) is 0 Å². The predicted molar refractivity (Wildman–Crippen MR) is 149 cm³/mol. The maximum absolute atomic E-state index is 6.11. The number of nitrogens with one attached hydrogen (secondary N) is 1. The number of rotatable bonds is 9. The van der Waals surface area contributed by atoms with Crippen LogP contribution in [0.2, 0.25) is 0 Å². The van der Waals surface area contributed by atoms with Crippen molar-refractivity contribution in [2.45, 2.75) is 59.5 Å². The molecule has 1 unspecified atom stereocenters. The zero-order chi connectivity index (χ0) is 25.0. The van der Waals surface area contributed by atoms with E-state index in [0.717, 1.165) is 37.7 Å². The number of hydrogen-bond donors (Lipinski definition) is 1.